The number of carbonyl (C=O) groups excluding carboxylic acids is 3. The monoisotopic (exact) mass is 262 g/mol. The van der Waals surface area contributed by atoms with Crippen molar-refractivity contribution in [2.24, 2.45) is 11.8 Å². The molecule has 0 fully saturated rings. The van der Waals surface area contributed by atoms with Crippen molar-refractivity contribution in [3.05, 3.63) is 35.4 Å². The van der Waals surface area contributed by atoms with Gasteiger partial charge in [-0.25, -0.2) is 0 Å². The summed E-state index contributed by atoms with van der Waals surface area (Å²) in [4.78, 5) is 35.9. The molecule has 2 rings (SSSR count). The number of ether oxygens (including phenoxy) is 2. The first kappa shape index (κ1) is 13.3. The van der Waals surface area contributed by atoms with Crippen LogP contribution in [-0.2, 0) is 25.5 Å². The fourth-order valence-corrected chi connectivity index (χ4v) is 2.41. The van der Waals surface area contributed by atoms with Crippen molar-refractivity contribution in [1.29, 1.82) is 0 Å². The summed E-state index contributed by atoms with van der Waals surface area (Å²) in [6, 6.07) is 6.94. The van der Waals surface area contributed by atoms with E-state index in [0.29, 0.717) is 12.0 Å². The maximum atomic E-state index is 12.3. The number of ketones is 1. The fourth-order valence-electron chi connectivity index (χ4n) is 2.41. The molecule has 0 spiro atoms. The molecule has 1 aromatic carbocycles. The van der Waals surface area contributed by atoms with Crippen LogP contribution < -0.4 is 0 Å². The van der Waals surface area contributed by atoms with Crippen LogP contribution in [0.15, 0.2) is 24.3 Å². The second-order valence-corrected chi connectivity index (χ2v) is 4.36. The van der Waals surface area contributed by atoms with Crippen molar-refractivity contribution >= 4 is 17.7 Å². The van der Waals surface area contributed by atoms with E-state index in [4.69, 9.17) is 0 Å². The zero-order chi connectivity index (χ0) is 14.0. The maximum Gasteiger partial charge on any atom is 0.317 e. The first-order valence-electron chi connectivity index (χ1n) is 5.88. The summed E-state index contributed by atoms with van der Waals surface area (Å²) in [6.45, 7) is 0. The Morgan fingerprint density at radius 2 is 1.74 bits per heavy atom. The number of carbonyl (C=O) groups is 3. The summed E-state index contributed by atoms with van der Waals surface area (Å²) < 4.78 is 9.31. The summed E-state index contributed by atoms with van der Waals surface area (Å²) in [5.41, 5.74) is 1.22. The van der Waals surface area contributed by atoms with Crippen molar-refractivity contribution < 1.29 is 23.9 Å². The number of Topliss-reactive ketones (excluding diaryl/α,β-unsaturated/α-hetero) is 1. The van der Waals surface area contributed by atoms with Gasteiger partial charge >= 0.3 is 11.9 Å². The molecule has 0 saturated carbocycles. The molecule has 1 aliphatic carbocycles. The van der Waals surface area contributed by atoms with Crippen molar-refractivity contribution in [2.45, 2.75) is 6.42 Å². The summed E-state index contributed by atoms with van der Waals surface area (Å²) in [5, 5.41) is 0. The molecule has 0 unspecified atom stereocenters. The van der Waals surface area contributed by atoms with Crippen molar-refractivity contribution in [3.63, 3.8) is 0 Å². The van der Waals surface area contributed by atoms with Crippen molar-refractivity contribution in [3.8, 4) is 0 Å². The molecule has 5 heteroatoms. The Hall–Kier alpha value is -2.17. The Bertz CT molecular complexity index is 534. The molecule has 1 aromatic rings. The molecule has 0 aliphatic heterocycles. The lowest BCUT2D eigenvalue weighted by Gasteiger charge is -2.28. The largest absolute Gasteiger partial charge is 0.469 e. The lowest BCUT2D eigenvalue weighted by Crippen LogP contribution is -2.42. The second kappa shape index (κ2) is 5.22. The third-order valence-corrected chi connectivity index (χ3v) is 3.37. The minimum atomic E-state index is -1.12. The SMILES string of the molecule is COC(=O)[C@@H]1C(=O)c2ccccc2C[C@@H]1C(=O)OC. The molecule has 19 heavy (non-hydrogen) atoms. The highest BCUT2D eigenvalue weighted by Crippen LogP contribution is 2.31. The normalized spacial score (nSPS) is 21.5. The molecule has 0 saturated heterocycles. The van der Waals surface area contributed by atoms with Gasteiger partial charge in [0.2, 0.25) is 0 Å². The summed E-state index contributed by atoms with van der Waals surface area (Å²) in [5.74, 6) is -3.59. The Labute approximate surface area is 110 Å². The molecule has 0 amide bonds. The van der Waals surface area contributed by atoms with Gasteiger partial charge in [-0.05, 0) is 12.0 Å². The van der Waals surface area contributed by atoms with E-state index in [9.17, 15) is 14.4 Å². The van der Waals surface area contributed by atoms with E-state index >= 15 is 0 Å². The molecule has 100 valence electrons. The molecule has 0 N–H and O–H groups in total. The Kier molecular flexibility index (Phi) is 3.64. The standard InChI is InChI=1S/C14H14O5/c1-18-13(16)10-7-8-5-3-4-6-9(8)12(15)11(10)14(17)19-2/h3-6,10-11H,7H2,1-2H3/t10-,11-/m0/s1. The number of fused-ring (bicyclic) bond motifs is 1. The smallest absolute Gasteiger partial charge is 0.317 e. The quantitative estimate of drug-likeness (QED) is 0.587. The van der Waals surface area contributed by atoms with Crippen LogP contribution in [0.1, 0.15) is 15.9 Å². The zero-order valence-corrected chi connectivity index (χ0v) is 10.7. The van der Waals surface area contributed by atoms with E-state index < -0.39 is 23.8 Å². The Balaban J connectivity index is 2.47. The first-order chi connectivity index (χ1) is 9.10. The van der Waals surface area contributed by atoms with Gasteiger partial charge in [0, 0.05) is 5.56 Å². The Morgan fingerprint density at radius 3 is 2.37 bits per heavy atom. The van der Waals surface area contributed by atoms with Gasteiger partial charge in [-0.3, -0.25) is 14.4 Å². The van der Waals surface area contributed by atoms with Gasteiger partial charge in [-0.15, -0.1) is 0 Å². The average molecular weight is 262 g/mol. The van der Waals surface area contributed by atoms with Gasteiger partial charge in [-0.2, -0.15) is 0 Å². The van der Waals surface area contributed by atoms with Crippen LogP contribution in [0.5, 0.6) is 0 Å². The van der Waals surface area contributed by atoms with Crippen molar-refractivity contribution in [1.82, 2.24) is 0 Å². The fraction of sp³-hybridized carbons (Fsp3) is 0.357. The van der Waals surface area contributed by atoms with Crippen LogP contribution in [0.3, 0.4) is 0 Å². The molecule has 2 atom stereocenters. The number of rotatable bonds is 2. The van der Waals surface area contributed by atoms with Crippen LogP contribution >= 0.6 is 0 Å². The van der Waals surface area contributed by atoms with Crippen LogP contribution in [-0.4, -0.2) is 31.9 Å². The van der Waals surface area contributed by atoms with E-state index in [2.05, 4.69) is 9.47 Å². The van der Waals surface area contributed by atoms with E-state index in [-0.39, 0.29) is 5.78 Å². The van der Waals surface area contributed by atoms with Gasteiger partial charge < -0.3 is 9.47 Å². The minimum absolute atomic E-state index is 0.300. The molecule has 1 aliphatic rings. The third-order valence-electron chi connectivity index (χ3n) is 3.37. The molecule has 0 aromatic heterocycles. The molecular weight excluding hydrogens is 248 g/mol. The highest BCUT2D eigenvalue weighted by Gasteiger charge is 2.45. The summed E-state index contributed by atoms with van der Waals surface area (Å²) in [7, 11) is 2.44. The van der Waals surface area contributed by atoms with Crippen LogP contribution in [0.4, 0.5) is 0 Å². The third kappa shape index (κ3) is 2.23. The second-order valence-electron chi connectivity index (χ2n) is 4.36. The first-order valence-corrected chi connectivity index (χ1v) is 5.88. The maximum absolute atomic E-state index is 12.3. The Morgan fingerprint density at radius 1 is 1.11 bits per heavy atom. The number of hydrogen-bond donors (Lipinski definition) is 0. The predicted octanol–water partition coefficient (Wildman–Crippen LogP) is 1.00. The topological polar surface area (TPSA) is 69.7 Å². The number of benzene rings is 1. The lowest BCUT2D eigenvalue weighted by atomic mass is 9.75. The molecule has 0 bridgehead atoms. The van der Waals surface area contributed by atoms with E-state index in [1.807, 2.05) is 0 Å². The van der Waals surface area contributed by atoms with Gasteiger partial charge in [0.1, 0.15) is 5.92 Å². The van der Waals surface area contributed by atoms with E-state index in [0.717, 1.165) is 5.56 Å². The molecule has 0 heterocycles. The van der Waals surface area contributed by atoms with E-state index in [1.54, 1.807) is 24.3 Å². The highest BCUT2D eigenvalue weighted by molar-refractivity contribution is 6.12. The van der Waals surface area contributed by atoms with Gasteiger partial charge in [0.15, 0.2) is 5.78 Å². The average Bonchev–Trinajstić information content (AvgIpc) is 2.45. The highest BCUT2D eigenvalue weighted by atomic mass is 16.5. The van der Waals surface area contributed by atoms with Gasteiger partial charge in [0.25, 0.3) is 0 Å². The number of hydrogen-bond acceptors (Lipinski definition) is 5. The number of methoxy groups -OCH3 is 2. The van der Waals surface area contributed by atoms with Crippen LogP contribution in [0.25, 0.3) is 0 Å². The van der Waals surface area contributed by atoms with Gasteiger partial charge in [0.05, 0.1) is 20.1 Å². The van der Waals surface area contributed by atoms with Crippen LogP contribution in [0.2, 0.25) is 0 Å². The molecule has 5 nitrogen and oxygen atoms in total. The molecule has 0 radical (unpaired) electrons. The number of esters is 2. The minimum Gasteiger partial charge on any atom is -0.469 e. The summed E-state index contributed by atoms with van der Waals surface area (Å²) in [6.07, 6.45) is 0.300. The van der Waals surface area contributed by atoms with Gasteiger partial charge in [-0.1, -0.05) is 24.3 Å². The summed E-state index contributed by atoms with van der Waals surface area (Å²) >= 11 is 0. The van der Waals surface area contributed by atoms with Crippen molar-refractivity contribution in [2.75, 3.05) is 14.2 Å². The van der Waals surface area contributed by atoms with E-state index in [1.165, 1.54) is 14.2 Å². The zero-order valence-electron chi connectivity index (χ0n) is 10.7. The molecular formula is C14H14O5. The van der Waals surface area contributed by atoms with Crippen LogP contribution in [0, 0.1) is 11.8 Å². The lowest BCUT2D eigenvalue weighted by molar-refractivity contribution is -0.155. The predicted molar refractivity (Wildman–Crippen MR) is 65.5 cm³/mol.